The van der Waals surface area contributed by atoms with Crippen molar-refractivity contribution in [3.63, 3.8) is 0 Å². The van der Waals surface area contributed by atoms with Gasteiger partial charge in [-0.3, -0.25) is 24.1 Å². The molecule has 15 heteroatoms. The van der Waals surface area contributed by atoms with E-state index in [1.807, 2.05) is 0 Å². The number of anilines is 2. The van der Waals surface area contributed by atoms with E-state index >= 15 is 0 Å². The van der Waals surface area contributed by atoms with Crippen LogP contribution in [0, 0.1) is 29.6 Å². The fourth-order valence-corrected chi connectivity index (χ4v) is 11.6. The lowest BCUT2D eigenvalue weighted by atomic mass is 9.68. The number of aromatic amines is 1. The molecule has 8 nitrogen and oxygen atoms in total. The van der Waals surface area contributed by atoms with Crippen molar-refractivity contribution in [2.45, 2.75) is 28.8 Å². The Morgan fingerprint density at radius 2 is 1.73 bits per heavy atom. The van der Waals surface area contributed by atoms with Crippen molar-refractivity contribution in [3.05, 3.63) is 102 Å². The summed E-state index contributed by atoms with van der Waals surface area (Å²) in [7, 11) is 0. The Bertz CT molecular complexity index is 2090. The van der Waals surface area contributed by atoms with E-state index in [9.17, 15) is 32.3 Å². The molecule has 4 aromatic rings. The van der Waals surface area contributed by atoms with Crippen LogP contribution in [0.25, 0.3) is 0 Å². The molecule has 4 unspecified atom stereocenters. The molecule has 2 bridgehead atoms. The standard InChI is InChI=1S/C34H24BrClF3N3O5S2/c35-14-5-8-16(9-6-14)42-31(44)26-18-12-19(27(26)32(42)45)28-25(18)24(29-30(48-28)41-33(46)49-29)17-11-15(36)7-10-22(17)47-13-23(43)40-21-4-2-1-3-20(21)34(37,38)39/h1-11,18-19,24-28H,12-13H2,(H,40,43)(H,41,46)/t18-,19-,24-,25?,26?,27?,28?/m1/s1. The van der Waals surface area contributed by atoms with Crippen molar-refractivity contribution in [2.24, 2.45) is 29.6 Å². The molecule has 2 N–H and O–H groups in total. The van der Waals surface area contributed by atoms with Gasteiger partial charge in [-0.05, 0) is 78.8 Å². The molecule has 3 fully saturated rings. The van der Waals surface area contributed by atoms with E-state index in [4.69, 9.17) is 16.3 Å². The number of carbonyl (C=O) groups is 3. The summed E-state index contributed by atoms with van der Waals surface area (Å²) >= 11 is 12.5. The molecule has 1 saturated heterocycles. The first-order chi connectivity index (χ1) is 23.4. The zero-order valence-corrected chi connectivity index (χ0v) is 29.0. The van der Waals surface area contributed by atoms with Crippen LogP contribution in [0.15, 0.2) is 81.0 Å². The summed E-state index contributed by atoms with van der Waals surface area (Å²) in [5.41, 5.74) is -0.264. The third-order valence-electron chi connectivity index (χ3n) is 9.98. The van der Waals surface area contributed by atoms with Crippen molar-refractivity contribution < 1.29 is 32.3 Å². The predicted octanol–water partition coefficient (Wildman–Crippen LogP) is 7.57. The number of hydrogen-bond acceptors (Lipinski definition) is 7. The van der Waals surface area contributed by atoms with Gasteiger partial charge in [-0.2, -0.15) is 13.2 Å². The number of imide groups is 1. The zero-order valence-electron chi connectivity index (χ0n) is 25.0. The molecule has 2 aliphatic heterocycles. The number of fused-ring (bicyclic) bond motifs is 9. The van der Waals surface area contributed by atoms with Crippen LogP contribution < -0.4 is 19.8 Å². The molecule has 49 heavy (non-hydrogen) atoms. The number of rotatable bonds is 6. The second-order valence-corrected chi connectivity index (χ2v) is 16.1. The monoisotopic (exact) mass is 789 g/mol. The van der Waals surface area contributed by atoms with Crippen LogP contribution in [0.3, 0.4) is 0 Å². The maximum Gasteiger partial charge on any atom is 0.418 e. The summed E-state index contributed by atoms with van der Waals surface area (Å²) in [6, 6.07) is 16.6. The highest BCUT2D eigenvalue weighted by Crippen LogP contribution is 2.69. The number of nitrogens with zero attached hydrogens (tertiary/aromatic N) is 1. The molecule has 2 aliphatic carbocycles. The molecule has 2 saturated carbocycles. The van der Waals surface area contributed by atoms with Crippen LogP contribution in [0.1, 0.15) is 28.3 Å². The number of carbonyl (C=O) groups excluding carboxylic acids is 3. The summed E-state index contributed by atoms with van der Waals surface area (Å²) in [5, 5.41) is 3.24. The highest BCUT2D eigenvalue weighted by atomic mass is 79.9. The quantitative estimate of drug-likeness (QED) is 0.195. The Kier molecular flexibility index (Phi) is 8.00. The van der Waals surface area contributed by atoms with Crippen molar-refractivity contribution in [2.75, 3.05) is 16.8 Å². The van der Waals surface area contributed by atoms with Gasteiger partial charge in [0.15, 0.2) is 6.61 Å². The number of halogens is 5. The van der Waals surface area contributed by atoms with E-state index < -0.39 is 47.7 Å². The minimum Gasteiger partial charge on any atom is -0.483 e. The number of thioether (sulfide) groups is 1. The largest absolute Gasteiger partial charge is 0.483 e. The Balaban J connectivity index is 1.12. The number of ether oxygens (including phenoxy) is 1. The lowest BCUT2D eigenvalue weighted by molar-refractivity contribution is -0.137. The van der Waals surface area contributed by atoms with Gasteiger partial charge in [0.1, 0.15) is 5.75 Å². The van der Waals surface area contributed by atoms with E-state index in [1.165, 1.54) is 34.9 Å². The van der Waals surface area contributed by atoms with Crippen molar-refractivity contribution in [1.82, 2.24) is 4.98 Å². The van der Waals surface area contributed by atoms with Crippen LogP contribution in [0.2, 0.25) is 5.02 Å². The minimum atomic E-state index is -4.67. The summed E-state index contributed by atoms with van der Waals surface area (Å²) in [6.45, 7) is -0.599. The Hall–Kier alpha value is -3.59. The predicted molar refractivity (Wildman–Crippen MR) is 182 cm³/mol. The van der Waals surface area contributed by atoms with Crippen LogP contribution >= 0.6 is 50.6 Å². The summed E-state index contributed by atoms with van der Waals surface area (Å²) in [4.78, 5) is 58.3. The van der Waals surface area contributed by atoms with E-state index in [0.29, 0.717) is 27.7 Å². The third-order valence-corrected chi connectivity index (χ3v) is 13.3. The topological polar surface area (TPSA) is 109 Å². The molecular weight excluding hydrogens is 767 g/mol. The lowest BCUT2D eigenvalue weighted by Crippen LogP contribution is -2.42. The Morgan fingerprint density at radius 3 is 2.47 bits per heavy atom. The number of para-hydroxylation sites is 1. The second kappa shape index (κ2) is 12.0. The SMILES string of the molecule is O=C(COc1ccc(Cl)cc1[C@H]1c2sc(=O)[nH]c2SC2C1[C@H]1C[C@@H]2C2C(=O)N(c3ccc(Br)cc3)C(=O)C21)Nc1ccccc1C(F)(F)F. The third kappa shape index (κ3) is 5.42. The number of benzene rings is 3. The maximum absolute atomic E-state index is 14.0. The zero-order chi connectivity index (χ0) is 34.4. The number of nitrogens with one attached hydrogen (secondary N) is 2. The number of aromatic nitrogens is 1. The minimum absolute atomic E-state index is 0.107. The smallest absolute Gasteiger partial charge is 0.418 e. The number of alkyl halides is 3. The molecule has 252 valence electrons. The lowest BCUT2D eigenvalue weighted by Gasteiger charge is -2.43. The first-order valence-corrected chi connectivity index (χ1v) is 18.2. The van der Waals surface area contributed by atoms with Crippen LogP contribution in [-0.2, 0) is 20.6 Å². The van der Waals surface area contributed by atoms with Gasteiger partial charge in [0.25, 0.3) is 5.91 Å². The van der Waals surface area contributed by atoms with Gasteiger partial charge in [0.05, 0.1) is 33.8 Å². The van der Waals surface area contributed by atoms with Crippen LogP contribution in [0.5, 0.6) is 5.75 Å². The Labute approximate surface area is 298 Å². The summed E-state index contributed by atoms with van der Waals surface area (Å²) in [5.74, 6) is -2.94. The number of hydrogen-bond donors (Lipinski definition) is 2. The van der Waals surface area contributed by atoms with Crippen LogP contribution in [0.4, 0.5) is 24.5 Å². The number of thiazole rings is 1. The average Bonchev–Trinajstić information content (AvgIpc) is 3.79. The molecule has 0 radical (unpaired) electrons. The van der Waals surface area contributed by atoms with Gasteiger partial charge in [0, 0.05) is 31.1 Å². The van der Waals surface area contributed by atoms with Gasteiger partial charge < -0.3 is 15.0 Å². The summed E-state index contributed by atoms with van der Waals surface area (Å²) in [6.07, 6.45) is -4.00. The second-order valence-electron chi connectivity index (χ2n) is 12.5. The molecular formula is C34H24BrClF3N3O5S2. The fraction of sp³-hybridized carbons (Fsp3) is 0.294. The van der Waals surface area contributed by atoms with E-state index in [2.05, 4.69) is 26.2 Å². The molecule has 0 spiro atoms. The average molecular weight is 791 g/mol. The van der Waals surface area contributed by atoms with Gasteiger partial charge >= 0.3 is 11.0 Å². The first-order valence-electron chi connectivity index (χ1n) is 15.3. The molecule has 3 aromatic carbocycles. The van der Waals surface area contributed by atoms with Crippen molar-refractivity contribution in [3.8, 4) is 5.75 Å². The maximum atomic E-state index is 14.0. The van der Waals surface area contributed by atoms with Gasteiger partial charge in [0.2, 0.25) is 11.8 Å². The molecule has 3 amide bonds. The number of H-pyrrole nitrogens is 1. The molecule has 3 heterocycles. The molecule has 8 rings (SSSR count). The highest BCUT2D eigenvalue weighted by molar-refractivity contribution is 9.10. The first kappa shape index (κ1) is 32.6. The van der Waals surface area contributed by atoms with E-state index in [-0.39, 0.29) is 45.4 Å². The van der Waals surface area contributed by atoms with Crippen molar-refractivity contribution in [1.29, 1.82) is 0 Å². The molecule has 1 aromatic heterocycles. The normalized spacial score (nSPS) is 26.8. The molecule has 7 atom stereocenters. The summed E-state index contributed by atoms with van der Waals surface area (Å²) < 4.78 is 47.4. The van der Waals surface area contributed by atoms with Gasteiger partial charge in [-0.1, -0.05) is 51.0 Å². The molecule has 4 aliphatic rings. The fourth-order valence-electron chi connectivity index (χ4n) is 8.27. The highest BCUT2D eigenvalue weighted by Gasteiger charge is 2.70. The van der Waals surface area contributed by atoms with E-state index in [1.54, 1.807) is 42.5 Å². The van der Waals surface area contributed by atoms with Gasteiger partial charge in [-0.15, -0.1) is 11.8 Å². The van der Waals surface area contributed by atoms with E-state index in [0.717, 1.165) is 26.8 Å². The van der Waals surface area contributed by atoms with Gasteiger partial charge in [-0.25, -0.2) is 0 Å². The van der Waals surface area contributed by atoms with Crippen molar-refractivity contribution >= 4 is 79.7 Å². The number of amides is 3. The van der Waals surface area contributed by atoms with Crippen LogP contribution in [-0.4, -0.2) is 34.6 Å². The Morgan fingerprint density at radius 1 is 1.02 bits per heavy atom.